The summed E-state index contributed by atoms with van der Waals surface area (Å²) in [6.07, 6.45) is 5.87. The molecule has 0 amide bonds. The summed E-state index contributed by atoms with van der Waals surface area (Å²) in [4.78, 5) is 17.5. The van der Waals surface area contributed by atoms with Crippen molar-refractivity contribution in [2.45, 2.75) is 26.2 Å². The molecule has 9 aromatic rings. The molecule has 0 spiro atoms. The predicted molar refractivity (Wildman–Crippen MR) is 246 cm³/mol. The minimum Gasteiger partial charge on any atom is -0.460 e. The van der Waals surface area contributed by atoms with Gasteiger partial charge < -0.3 is 9.32 Å². The molecule has 2 aromatic heterocycles. The number of hydrogen-bond donors (Lipinski definition) is 0. The normalized spacial score (nSPS) is 13.0. The highest BCUT2D eigenvalue weighted by atomic mass is 16.3. The lowest BCUT2D eigenvalue weighted by Gasteiger charge is -2.47. The molecule has 60 heavy (non-hydrogen) atoms. The molecule has 0 unspecified atom stereocenters. The Morgan fingerprint density at radius 3 is 1.57 bits per heavy atom. The highest BCUT2D eigenvalue weighted by Crippen LogP contribution is 2.59. The number of aromatic nitrogens is 3. The molecular formula is C55H42N4O. The van der Waals surface area contributed by atoms with Gasteiger partial charge in [-0.15, -0.1) is 0 Å². The number of para-hydroxylation sites is 3. The third kappa shape index (κ3) is 5.89. The third-order valence-corrected chi connectivity index (χ3v) is 11.7. The number of rotatable bonds is 8. The van der Waals surface area contributed by atoms with Crippen LogP contribution in [0.3, 0.4) is 0 Å². The van der Waals surface area contributed by atoms with Gasteiger partial charge in [-0.3, -0.25) is 0 Å². The molecule has 1 aliphatic heterocycles. The number of benzene rings is 7. The fraction of sp³-hybridized carbons (Fsp3) is 0.0727. The van der Waals surface area contributed by atoms with Gasteiger partial charge in [0, 0.05) is 33.2 Å². The van der Waals surface area contributed by atoms with E-state index in [4.69, 9.17) is 19.4 Å². The van der Waals surface area contributed by atoms with Crippen molar-refractivity contribution in [3.63, 3.8) is 0 Å². The van der Waals surface area contributed by atoms with E-state index in [1.54, 1.807) is 6.08 Å². The van der Waals surface area contributed by atoms with Crippen molar-refractivity contribution in [3.05, 3.63) is 233 Å². The van der Waals surface area contributed by atoms with E-state index >= 15 is 0 Å². The van der Waals surface area contributed by atoms with E-state index in [-0.39, 0.29) is 0 Å². The summed E-state index contributed by atoms with van der Waals surface area (Å²) < 4.78 is 6.82. The zero-order chi connectivity index (χ0) is 40.8. The molecular weight excluding hydrogens is 733 g/mol. The van der Waals surface area contributed by atoms with E-state index in [0.29, 0.717) is 17.5 Å². The lowest BCUT2D eigenvalue weighted by molar-refractivity contribution is 0.566. The second-order valence-corrected chi connectivity index (χ2v) is 15.3. The molecule has 10 rings (SSSR count). The SMILES string of the molecule is C=C/C=C\c1c(C)oc2c(C3(c4ccccc4)c4ccccc4N(c4c(C)cc(-c5nc(-c6ccccc6)nc(-c6ccccc6)n5)cc4C)c4ccccc43)cccc12. The first-order chi connectivity index (χ1) is 29.5. The van der Waals surface area contributed by atoms with Crippen molar-refractivity contribution in [2.24, 2.45) is 0 Å². The second kappa shape index (κ2) is 14.9. The topological polar surface area (TPSA) is 55.1 Å². The zero-order valence-electron chi connectivity index (χ0n) is 33.8. The molecule has 0 N–H and O–H groups in total. The van der Waals surface area contributed by atoms with Gasteiger partial charge >= 0.3 is 0 Å². The Hall–Kier alpha value is -7.63. The fourth-order valence-corrected chi connectivity index (χ4v) is 9.23. The maximum absolute atomic E-state index is 6.82. The van der Waals surface area contributed by atoms with E-state index in [1.165, 1.54) is 11.1 Å². The molecule has 288 valence electrons. The first-order valence-electron chi connectivity index (χ1n) is 20.3. The fourth-order valence-electron chi connectivity index (χ4n) is 9.23. The molecule has 5 nitrogen and oxygen atoms in total. The molecule has 1 aliphatic rings. The van der Waals surface area contributed by atoms with Gasteiger partial charge in [-0.1, -0.05) is 170 Å². The van der Waals surface area contributed by atoms with Crippen LogP contribution in [0.1, 0.15) is 44.7 Å². The van der Waals surface area contributed by atoms with Crippen LogP contribution in [-0.4, -0.2) is 15.0 Å². The molecule has 7 aromatic carbocycles. The molecule has 0 bridgehead atoms. The maximum atomic E-state index is 6.82. The summed E-state index contributed by atoms with van der Waals surface area (Å²) in [5.74, 6) is 2.78. The number of allylic oxidation sites excluding steroid dienone is 2. The first kappa shape index (κ1) is 36.7. The lowest BCUT2D eigenvalue weighted by atomic mass is 9.62. The van der Waals surface area contributed by atoms with Crippen molar-refractivity contribution in [1.29, 1.82) is 0 Å². The first-order valence-corrected chi connectivity index (χ1v) is 20.3. The molecule has 0 saturated heterocycles. The Morgan fingerprint density at radius 2 is 1.02 bits per heavy atom. The lowest BCUT2D eigenvalue weighted by Crippen LogP contribution is -2.38. The molecule has 0 fully saturated rings. The van der Waals surface area contributed by atoms with Crippen LogP contribution in [0.4, 0.5) is 17.1 Å². The number of fused-ring (bicyclic) bond motifs is 3. The van der Waals surface area contributed by atoms with E-state index in [2.05, 4.69) is 141 Å². The van der Waals surface area contributed by atoms with Gasteiger partial charge in [0.1, 0.15) is 11.3 Å². The summed E-state index contributed by atoms with van der Waals surface area (Å²) in [5, 5.41) is 1.07. The minimum absolute atomic E-state index is 0.632. The van der Waals surface area contributed by atoms with Crippen LogP contribution in [0.25, 0.3) is 51.2 Å². The largest absolute Gasteiger partial charge is 0.460 e. The summed E-state index contributed by atoms with van der Waals surface area (Å²) in [6, 6.07) is 59.8. The predicted octanol–water partition coefficient (Wildman–Crippen LogP) is 13.9. The van der Waals surface area contributed by atoms with Gasteiger partial charge in [-0.2, -0.15) is 0 Å². The third-order valence-electron chi connectivity index (χ3n) is 11.7. The Kier molecular flexibility index (Phi) is 9.14. The minimum atomic E-state index is -0.720. The van der Waals surface area contributed by atoms with Crippen molar-refractivity contribution in [3.8, 4) is 34.2 Å². The number of aryl methyl sites for hydroxylation is 3. The number of anilines is 3. The second-order valence-electron chi connectivity index (χ2n) is 15.3. The molecule has 0 atom stereocenters. The van der Waals surface area contributed by atoms with E-state index in [0.717, 1.165) is 78.3 Å². The Bertz CT molecular complexity index is 2970. The number of nitrogens with zero attached hydrogens (tertiary/aromatic N) is 4. The van der Waals surface area contributed by atoms with E-state index < -0.39 is 5.41 Å². The summed E-state index contributed by atoms with van der Waals surface area (Å²) in [5.41, 5.74) is 14.1. The van der Waals surface area contributed by atoms with Crippen molar-refractivity contribution < 1.29 is 4.42 Å². The standard InChI is InChI=1S/C55H42N4O/c1-5-6-27-43-38(4)60-51-44(43)28-20-31-47(51)55(42-25-14-9-15-26-42)45-29-16-18-32-48(45)59(49-33-19-17-30-46(49)55)50-36(2)34-41(35-37(50)3)54-57-52(39-21-10-7-11-22-39)56-53(58-54)40-23-12-8-13-24-40/h5-35H,1H2,2-4H3/b27-6-. The monoisotopic (exact) mass is 774 g/mol. The smallest absolute Gasteiger partial charge is 0.164 e. The van der Waals surface area contributed by atoms with Gasteiger partial charge in [-0.05, 0) is 72.9 Å². The van der Waals surface area contributed by atoms with Crippen LogP contribution in [0.5, 0.6) is 0 Å². The Labute approximate surface area is 350 Å². The summed E-state index contributed by atoms with van der Waals surface area (Å²) in [7, 11) is 0. The van der Waals surface area contributed by atoms with Gasteiger partial charge in [0.2, 0.25) is 0 Å². The average molecular weight is 775 g/mol. The summed E-state index contributed by atoms with van der Waals surface area (Å²) in [6.45, 7) is 10.4. The van der Waals surface area contributed by atoms with Crippen LogP contribution in [-0.2, 0) is 5.41 Å². The van der Waals surface area contributed by atoms with E-state index in [1.807, 2.05) is 73.7 Å². The van der Waals surface area contributed by atoms with Crippen LogP contribution >= 0.6 is 0 Å². The van der Waals surface area contributed by atoms with Crippen LogP contribution < -0.4 is 4.90 Å². The van der Waals surface area contributed by atoms with Crippen LogP contribution in [0.2, 0.25) is 0 Å². The van der Waals surface area contributed by atoms with Crippen molar-refractivity contribution in [1.82, 2.24) is 15.0 Å². The van der Waals surface area contributed by atoms with Crippen molar-refractivity contribution >= 4 is 34.1 Å². The molecule has 0 aliphatic carbocycles. The quantitative estimate of drug-likeness (QED) is 0.144. The van der Waals surface area contributed by atoms with Gasteiger partial charge in [0.05, 0.1) is 22.5 Å². The van der Waals surface area contributed by atoms with Gasteiger partial charge in [0.25, 0.3) is 0 Å². The Balaban J connectivity index is 1.20. The molecule has 5 heteroatoms. The highest BCUT2D eigenvalue weighted by Gasteiger charge is 2.48. The zero-order valence-corrected chi connectivity index (χ0v) is 33.8. The Morgan fingerprint density at radius 1 is 0.533 bits per heavy atom. The highest BCUT2D eigenvalue weighted by molar-refractivity contribution is 5.97. The van der Waals surface area contributed by atoms with Gasteiger partial charge in [0.15, 0.2) is 17.5 Å². The maximum Gasteiger partial charge on any atom is 0.164 e. The summed E-state index contributed by atoms with van der Waals surface area (Å²) >= 11 is 0. The molecule has 0 radical (unpaired) electrons. The van der Waals surface area contributed by atoms with Gasteiger partial charge in [-0.25, -0.2) is 15.0 Å². The molecule has 0 saturated carbocycles. The van der Waals surface area contributed by atoms with Crippen molar-refractivity contribution in [2.75, 3.05) is 4.90 Å². The van der Waals surface area contributed by atoms with E-state index in [9.17, 15) is 0 Å². The van der Waals surface area contributed by atoms with Crippen LogP contribution in [0.15, 0.2) is 193 Å². The number of furan rings is 1. The number of hydrogen-bond acceptors (Lipinski definition) is 5. The average Bonchev–Trinajstić information content (AvgIpc) is 3.63. The molecule has 3 heterocycles. The van der Waals surface area contributed by atoms with Crippen LogP contribution in [0, 0.1) is 20.8 Å².